The summed E-state index contributed by atoms with van der Waals surface area (Å²) in [7, 11) is -3.74. The smallest absolute Gasteiger partial charge is 0.240 e. The molecule has 4 rings (SSSR count). The fourth-order valence-electron chi connectivity index (χ4n) is 4.14. The second-order valence-corrected chi connectivity index (χ2v) is 10.3. The van der Waals surface area contributed by atoms with Crippen LogP contribution in [0.5, 0.6) is 0 Å². The quantitative estimate of drug-likeness (QED) is 0.504. The highest BCUT2D eigenvalue weighted by molar-refractivity contribution is 7.89. The number of imidazole rings is 1. The zero-order valence-electron chi connectivity index (χ0n) is 17.6. The van der Waals surface area contributed by atoms with Gasteiger partial charge in [0, 0.05) is 28.4 Å². The van der Waals surface area contributed by atoms with Gasteiger partial charge in [-0.15, -0.1) is 0 Å². The van der Waals surface area contributed by atoms with Gasteiger partial charge in [-0.3, -0.25) is 9.20 Å². The van der Waals surface area contributed by atoms with Crippen LogP contribution in [-0.2, 0) is 21.2 Å². The van der Waals surface area contributed by atoms with Crippen LogP contribution in [0.15, 0.2) is 41.6 Å². The Bertz CT molecular complexity index is 1280. The number of benzene rings is 1. The molecule has 10 heteroatoms. The highest BCUT2D eigenvalue weighted by Crippen LogP contribution is 2.30. The summed E-state index contributed by atoms with van der Waals surface area (Å²) in [4.78, 5) is 16.1. The molecule has 32 heavy (non-hydrogen) atoms. The van der Waals surface area contributed by atoms with Crippen LogP contribution in [0.2, 0.25) is 5.02 Å². The van der Waals surface area contributed by atoms with Crippen LogP contribution in [0.25, 0.3) is 16.9 Å². The molecule has 1 fully saturated rings. The summed E-state index contributed by atoms with van der Waals surface area (Å²) in [5, 5.41) is 10.1. The van der Waals surface area contributed by atoms with Gasteiger partial charge >= 0.3 is 0 Å². The highest BCUT2D eigenvalue weighted by Gasteiger charge is 2.25. The van der Waals surface area contributed by atoms with Crippen molar-refractivity contribution in [2.75, 3.05) is 0 Å². The van der Waals surface area contributed by atoms with Gasteiger partial charge in [0.2, 0.25) is 15.9 Å². The van der Waals surface area contributed by atoms with Gasteiger partial charge in [0.05, 0.1) is 29.3 Å². The third-order valence-corrected chi connectivity index (χ3v) is 7.76. The molecule has 0 saturated heterocycles. The van der Waals surface area contributed by atoms with Crippen LogP contribution >= 0.6 is 11.6 Å². The van der Waals surface area contributed by atoms with E-state index in [0.29, 0.717) is 53.2 Å². The van der Waals surface area contributed by atoms with E-state index in [1.54, 1.807) is 41.1 Å². The molecule has 0 spiro atoms. The Labute approximate surface area is 191 Å². The molecular formula is C22H25ClN4O4S. The molecule has 0 unspecified atom stereocenters. The van der Waals surface area contributed by atoms with Crippen molar-refractivity contribution in [3.05, 3.63) is 52.8 Å². The second-order valence-electron chi connectivity index (χ2n) is 8.23. The van der Waals surface area contributed by atoms with Crippen molar-refractivity contribution in [1.29, 1.82) is 0 Å². The lowest BCUT2D eigenvalue weighted by atomic mass is 9.94. The topological polar surface area (TPSA) is 127 Å². The lowest BCUT2D eigenvalue weighted by molar-refractivity contribution is -0.117. The summed E-state index contributed by atoms with van der Waals surface area (Å²) in [6.45, 7) is 1.89. The number of amides is 1. The van der Waals surface area contributed by atoms with Crippen LogP contribution in [0.4, 0.5) is 0 Å². The predicted octanol–water partition coefficient (Wildman–Crippen LogP) is 2.57. The Kier molecular flexibility index (Phi) is 6.26. The lowest BCUT2D eigenvalue weighted by Gasteiger charge is -2.26. The lowest BCUT2D eigenvalue weighted by Crippen LogP contribution is -2.38. The van der Waals surface area contributed by atoms with Crippen LogP contribution in [0, 0.1) is 6.92 Å². The molecule has 1 aliphatic carbocycles. The number of sulfonamides is 1. The molecule has 0 bridgehead atoms. The van der Waals surface area contributed by atoms with Gasteiger partial charge in [0.1, 0.15) is 5.65 Å². The van der Waals surface area contributed by atoms with Crippen LogP contribution in [-0.4, -0.2) is 41.0 Å². The summed E-state index contributed by atoms with van der Waals surface area (Å²) in [5.74, 6) is -0.518. The summed E-state index contributed by atoms with van der Waals surface area (Å²) in [5.41, 5.74) is 8.63. The van der Waals surface area contributed by atoms with E-state index in [-0.39, 0.29) is 23.5 Å². The number of nitrogens with zero attached hydrogens (tertiary/aromatic N) is 2. The molecule has 170 valence electrons. The number of aliphatic hydroxyl groups is 1. The Hall–Kier alpha value is -2.46. The molecule has 0 atom stereocenters. The Morgan fingerprint density at radius 2 is 2.00 bits per heavy atom. The maximum atomic E-state index is 13.0. The molecule has 3 aromatic rings. The minimum atomic E-state index is -3.74. The predicted molar refractivity (Wildman–Crippen MR) is 122 cm³/mol. The van der Waals surface area contributed by atoms with Gasteiger partial charge in [0.25, 0.3) is 0 Å². The van der Waals surface area contributed by atoms with E-state index in [1.807, 2.05) is 6.92 Å². The zero-order valence-corrected chi connectivity index (χ0v) is 19.2. The molecule has 0 radical (unpaired) electrons. The van der Waals surface area contributed by atoms with Crippen LogP contribution in [0.3, 0.4) is 0 Å². The minimum Gasteiger partial charge on any atom is -0.393 e. The molecule has 0 aliphatic heterocycles. The number of primary amides is 1. The number of hydrogen-bond acceptors (Lipinski definition) is 5. The normalized spacial score (nSPS) is 19.3. The molecule has 4 N–H and O–H groups in total. The third kappa shape index (κ3) is 4.52. The van der Waals surface area contributed by atoms with Gasteiger partial charge in [0.15, 0.2) is 0 Å². The Morgan fingerprint density at radius 1 is 1.28 bits per heavy atom. The number of pyridine rings is 1. The number of hydrogen-bond donors (Lipinski definition) is 3. The number of nitrogens with two attached hydrogens (primary N) is 1. The van der Waals surface area contributed by atoms with Gasteiger partial charge in [-0.2, -0.15) is 0 Å². The molecule has 1 aromatic carbocycles. The number of carbonyl (C=O) groups excluding carboxylic acids is 1. The van der Waals surface area contributed by atoms with E-state index >= 15 is 0 Å². The number of aromatic nitrogens is 2. The maximum absolute atomic E-state index is 13.0. The molecular weight excluding hydrogens is 452 g/mol. The largest absolute Gasteiger partial charge is 0.393 e. The average Bonchev–Trinajstić information content (AvgIpc) is 3.16. The van der Waals surface area contributed by atoms with E-state index < -0.39 is 15.9 Å². The minimum absolute atomic E-state index is 0.0486. The summed E-state index contributed by atoms with van der Waals surface area (Å²) in [6.07, 6.45) is 5.35. The summed E-state index contributed by atoms with van der Waals surface area (Å²) >= 11 is 6.26. The van der Waals surface area contributed by atoms with Crippen LogP contribution in [0.1, 0.15) is 36.8 Å². The highest BCUT2D eigenvalue weighted by atomic mass is 35.5. The third-order valence-electron chi connectivity index (χ3n) is 5.89. The fraction of sp³-hybridized carbons (Fsp3) is 0.364. The summed E-state index contributed by atoms with van der Waals surface area (Å²) < 4.78 is 30.6. The van der Waals surface area contributed by atoms with E-state index in [9.17, 15) is 18.3 Å². The van der Waals surface area contributed by atoms with Crippen molar-refractivity contribution in [3.63, 3.8) is 0 Å². The first-order valence-corrected chi connectivity index (χ1v) is 12.3. The molecule has 8 nitrogen and oxygen atoms in total. The molecule has 1 saturated carbocycles. The van der Waals surface area contributed by atoms with Crippen LogP contribution < -0.4 is 10.5 Å². The summed E-state index contributed by atoms with van der Waals surface area (Å²) in [6, 6.07) is 6.43. The van der Waals surface area contributed by atoms with Crippen molar-refractivity contribution in [2.24, 2.45) is 5.73 Å². The number of carbonyl (C=O) groups is 1. The first-order chi connectivity index (χ1) is 15.2. The van der Waals surface area contributed by atoms with Gasteiger partial charge < -0.3 is 10.8 Å². The van der Waals surface area contributed by atoms with E-state index in [1.165, 1.54) is 0 Å². The SMILES string of the molecule is Cc1ccc(S(=O)(=O)NC2CCC(O)CC2)cc1-c1cnc2c(CC(N)=O)c(Cl)ccn12. The molecule has 1 aliphatic rings. The Balaban J connectivity index is 1.72. The fourth-order valence-corrected chi connectivity index (χ4v) is 5.68. The monoisotopic (exact) mass is 476 g/mol. The molecule has 1 amide bonds. The average molecular weight is 477 g/mol. The standard InChI is InChI=1S/C22H25ClN4O4S/c1-13-2-7-16(32(30,31)26-14-3-5-15(28)6-4-14)10-17(13)20-12-25-22-18(11-21(24)29)19(23)8-9-27(20)22/h2,7-10,12,14-15,26,28H,3-6,11H2,1H3,(H2,24,29). The van der Waals surface area contributed by atoms with Gasteiger partial charge in [-0.05, 0) is 56.4 Å². The van der Waals surface area contributed by atoms with E-state index in [0.717, 1.165) is 5.56 Å². The molecule has 2 heterocycles. The van der Waals surface area contributed by atoms with Crippen molar-refractivity contribution in [2.45, 2.75) is 56.1 Å². The first-order valence-electron chi connectivity index (χ1n) is 10.4. The number of halogens is 1. The number of aliphatic hydroxyl groups excluding tert-OH is 1. The second kappa shape index (κ2) is 8.82. The van der Waals surface area contributed by atoms with Crippen molar-refractivity contribution in [3.8, 4) is 11.3 Å². The number of nitrogens with one attached hydrogen (secondary N) is 1. The van der Waals surface area contributed by atoms with Crippen molar-refractivity contribution in [1.82, 2.24) is 14.1 Å². The maximum Gasteiger partial charge on any atom is 0.240 e. The number of rotatable bonds is 6. The molecule has 2 aromatic heterocycles. The Morgan fingerprint density at radius 3 is 2.69 bits per heavy atom. The van der Waals surface area contributed by atoms with Gasteiger partial charge in [-0.1, -0.05) is 17.7 Å². The number of aryl methyl sites for hydroxylation is 1. The van der Waals surface area contributed by atoms with Crippen molar-refractivity contribution < 1.29 is 18.3 Å². The van der Waals surface area contributed by atoms with Gasteiger partial charge in [-0.25, -0.2) is 18.1 Å². The van der Waals surface area contributed by atoms with E-state index in [4.69, 9.17) is 17.3 Å². The number of fused-ring (bicyclic) bond motifs is 1. The van der Waals surface area contributed by atoms with E-state index in [2.05, 4.69) is 9.71 Å². The zero-order chi connectivity index (χ0) is 23.0. The van der Waals surface area contributed by atoms with Crippen molar-refractivity contribution >= 4 is 33.2 Å². The first kappa shape index (κ1) is 22.7.